The number of hydrogen-bond donors (Lipinski definition) is 1. The number of halogens is 2. The summed E-state index contributed by atoms with van der Waals surface area (Å²) in [6.07, 6.45) is 0. The number of nitrogens with one attached hydrogen (secondary N) is 1. The summed E-state index contributed by atoms with van der Waals surface area (Å²) in [6, 6.07) is 1.85. The van der Waals surface area contributed by atoms with Crippen molar-refractivity contribution in [2.24, 2.45) is 0 Å². The Labute approximate surface area is 103 Å². The van der Waals surface area contributed by atoms with Crippen molar-refractivity contribution in [1.82, 2.24) is 5.32 Å². The van der Waals surface area contributed by atoms with E-state index in [4.69, 9.17) is 0 Å². The van der Waals surface area contributed by atoms with Crippen LogP contribution >= 0.6 is 0 Å². The summed E-state index contributed by atoms with van der Waals surface area (Å²) in [7, 11) is 0. The smallest absolute Gasteiger partial charge is 0.295 e. The number of nitro benzene ring substituents is 1. The van der Waals surface area contributed by atoms with Crippen LogP contribution < -0.4 is 10.2 Å². The highest BCUT2D eigenvalue weighted by atomic mass is 19.2. The number of nitro groups is 1. The lowest BCUT2D eigenvalue weighted by Gasteiger charge is -2.33. The van der Waals surface area contributed by atoms with Crippen LogP contribution in [0.2, 0.25) is 0 Å². The van der Waals surface area contributed by atoms with E-state index in [1.807, 2.05) is 6.92 Å². The second-order valence-electron chi connectivity index (χ2n) is 4.29. The molecule has 1 aliphatic rings. The van der Waals surface area contributed by atoms with Gasteiger partial charge in [0.2, 0.25) is 0 Å². The molecule has 0 aliphatic carbocycles. The Balaban J connectivity index is 2.46. The third-order valence-electron chi connectivity index (χ3n) is 2.93. The second-order valence-corrected chi connectivity index (χ2v) is 4.29. The van der Waals surface area contributed by atoms with Crippen molar-refractivity contribution in [3.63, 3.8) is 0 Å². The molecule has 2 rings (SSSR count). The lowest BCUT2D eigenvalue weighted by atomic mass is 10.1. The summed E-state index contributed by atoms with van der Waals surface area (Å²) >= 11 is 0. The van der Waals surface area contributed by atoms with Gasteiger partial charge in [-0.3, -0.25) is 10.1 Å². The topological polar surface area (TPSA) is 58.4 Å². The molecule has 0 aromatic heterocycles. The lowest BCUT2D eigenvalue weighted by Crippen LogP contribution is -2.49. The van der Waals surface area contributed by atoms with Crippen molar-refractivity contribution >= 4 is 11.4 Å². The molecule has 1 atom stereocenters. The first-order chi connectivity index (χ1) is 8.50. The lowest BCUT2D eigenvalue weighted by molar-refractivity contribution is -0.384. The molecule has 1 saturated heterocycles. The van der Waals surface area contributed by atoms with E-state index >= 15 is 0 Å². The molecule has 1 aromatic carbocycles. The zero-order valence-electron chi connectivity index (χ0n) is 9.82. The van der Waals surface area contributed by atoms with Crippen molar-refractivity contribution in [1.29, 1.82) is 0 Å². The third kappa shape index (κ3) is 2.26. The van der Waals surface area contributed by atoms with Crippen LogP contribution in [0.15, 0.2) is 12.1 Å². The van der Waals surface area contributed by atoms with E-state index in [1.54, 1.807) is 0 Å². The monoisotopic (exact) mass is 257 g/mol. The zero-order valence-corrected chi connectivity index (χ0v) is 9.82. The van der Waals surface area contributed by atoms with Crippen LogP contribution in [-0.2, 0) is 0 Å². The van der Waals surface area contributed by atoms with Gasteiger partial charge in [0.05, 0.1) is 4.92 Å². The molecule has 7 heteroatoms. The first-order valence-electron chi connectivity index (χ1n) is 5.61. The normalized spacial score (nSPS) is 19.9. The minimum atomic E-state index is -1.15. The molecule has 0 radical (unpaired) electrons. The van der Waals surface area contributed by atoms with Crippen LogP contribution in [0.1, 0.15) is 6.92 Å². The van der Waals surface area contributed by atoms with Crippen molar-refractivity contribution in [3.05, 3.63) is 33.9 Å². The van der Waals surface area contributed by atoms with E-state index in [-0.39, 0.29) is 11.7 Å². The van der Waals surface area contributed by atoms with Gasteiger partial charge in [0, 0.05) is 31.7 Å². The molecular weight excluding hydrogens is 244 g/mol. The van der Waals surface area contributed by atoms with Gasteiger partial charge in [-0.05, 0) is 13.0 Å². The molecule has 0 spiro atoms. The van der Waals surface area contributed by atoms with Gasteiger partial charge in [0.25, 0.3) is 5.69 Å². The van der Waals surface area contributed by atoms with Crippen molar-refractivity contribution in [3.8, 4) is 0 Å². The zero-order chi connectivity index (χ0) is 13.3. The second kappa shape index (κ2) is 4.85. The molecule has 18 heavy (non-hydrogen) atoms. The number of nitrogens with zero attached hydrogens (tertiary/aromatic N) is 2. The summed E-state index contributed by atoms with van der Waals surface area (Å²) in [5.74, 6) is -2.22. The van der Waals surface area contributed by atoms with Crippen molar-refractivity contribution < 1.29 is 13.7 Å². The van der Waals surface area contributed by atoms with E-state index in [0.29, 0.717) is 19.6 Å². The first-order valence-corrected chi connectivity index (χ1v) is 5.61. The average molecular weight is 257 g/mol. The maximum Gasteiger partial charge on any atom is 0.295 e. The van der Waals surface area contributed by atoms with Gasteiger partial charge in [-0.15, -0.1) is 0 Å². The van der Waals surface area contributed by atoms with Gasteiger partial charge < -0.3 is 10.2 Å². The van der Waals surface area contributed by atoms with Gasteiger partial charge in [-0.1, -0.05) is 0 Å². The summed E-state index contributed by atoms with van der Waals surface area (Å²) in [5, 5.41) is 14.0. The number of anilines is 1. The van der Waals surface area contributed by atoms with E-state index in [1.165, 1.54) is 4.90 Å². The summed E-state index contributed by atoms with van der Waals surface area (Å²) in [5.41, 5.74) is -0.656. The Kier molecular flexibility index (Phi) is 3.42. The Bertz CT molecular complexity index is 482. The Morgan fingerprint density at radius 1 is 1.50 bits per heavy atom. The van der Waals surface area contributed by atoms with Gasteiger partial charge in [-0.2, -0.15) is 0 Å². The average Bonchev–Trinajstić information content (AvgIpc) is 2.32. The highest BCUT2D eigenvalue weighted by molar-refractivity contribution is 5.64. The molecule has 1 fully saturated rings. The Morgan fingerprint density at radius 2 is 2.22 bits per heavy atom. The van der Waals surface area contributed by atoms with E-state index < -0.39 is 22.2 Å². The standard InChI is InChI=1S/C11H13F2N3O2/c1-7-6-15(5-4-14-7)11-9(16(17)18)3-2-8(12)10(11)13/h2-3,7,14H,4-6H2,1H3/t7-/m1/s1. The predicted molar refractivity (Wildman–Crippen MR) is 62.7 cm³/mol. The maximum atomic E-state index is 13.8. The van der Waals surface area contributed by atoms with Crippen molar-refractivity contribution in [2.45, 2.75) is 13.0 Å². The molecule has 0 bridgehead atoms. The van der Waals surface area contributed by atoms with E-state index in [2.05, 4.69) is 5.32 Å². The van der Waals surface area contributed by atoms with E-state index in [9.17, 15) is 18.9 Å². The maximum absolute atomic E-state index is 13.8. The minimum Gasteiger partial charge on any atom is -0.361 e. The van der Waals surface area contributed by atoms with Gasteiger partial charge in [-0.25, -0.2) is 8.78 Å². The summed E-state index contributed by atoms with van der Waals surface area (Å²) in [4.78, 5) is 11.7. The number of piperazine rings is 1. The molecule has 1 aliphatic heterocycles. The quantitative estimate of drug-likeness (QED) is 0.646. The van der Waals surface area contributed by atoms with Gasteiger partial charge in [0.1, 0.15) is 0 Å². The van der Waals surface area contributed by atoms with Crippen LogP contribution in [0.3, 0.4) is 0 Å². The Hall–Kier alpha value is -1.76. The fourth-order valence-corrected chi connectivity index (χ4v) is 2.11. The molecule has 1 heterocycles. The third-order valence-corrected chi connectivity index (χ3v) is 2.93. The number of hydrogen-bond acceptors (Lipinski definition) is 4. The fraction of sp³-hybridized carbons (Fsp3) is 0.455. The van der Waals surface area contributed by atoms with Crippen LogP contribution in [0, 0.1) is 21.7 Å². The molecule has 0 amide bonds. The molecular formula is C11H13F2N3O2. The SMILES string of the molecule is C[C@@H]1CN(c2c([N+](=O)[O-])ccc(F)c2F)CCN1. The number of benzene rings is 1. The highest BCUT2D eigenvalue weighted by Crippen LogP contribution is 2.33. The van der Waals surface area contributed by atoms with Crippen LogP contribution in [0.4, 0.5) is 20.2 Å². The fourth-order valence-electron chi connectivity index (χ4n) is 2.11. The Morgan fingerprint density at radius 3 is 2.83 bits per heavy atom. The molecule has 1 N–H and O–H groups in total. The molecule has 98 valence electrons. The summed E-state index contributed by atoms with van der Waals surface area (Å²) < 4.78 is 27.0. The van der Waals surface area contributed by atoms with Crippen LogP contribution in [0.5, 0.6) is 0 Å². The van der Waals surface area contributed by atoms with Crippen molar-refractivity contribution in [2.75, 3.05) is 24.5 Å². The minimum absolute atomic E-state index is 0.0704. The molecule has 0 unspecified atom stereocenters. The molecule has 5 nitrogen and oxygen atoms in total. The highest BCUT2D eigenvalue weighted by Gasteiger charge is 2.28. The van der Waals surface area contributed by atoms with E-state index in [0.717, 1.165) is 12.1 Å². The first kappa shape index (κ1) is 12.7. The van der Waals surface area contributed by atoms with Gasteiger partial charge in [0.15, 0.2) is 17.3 Å². The molecule has 0 saturated carbocycles. The summed E-state index contributed by atoms with van der Waals surface area (Å²) in [6.45, 7) is 3.27. The van der Waals surface area contributed by atoms with Crippen LogP contribution in [0.25, 0.3) is 0 Å². The largest absolute Gasteiger partial charge is 0.361 e. The van der Waals surface area contributed by atoms with Crippen LogP contribution in [-0.4, -0.2) is 30.6 Å². The predicted octanol–water partition coefficient (Wildman–Crippen LogP) is 1.67. The number of rotatable bonds is 2. The molecule has 1 aromatic rings. The van der Waals surface area contributed by atoms with Gasteiger partial charge >= 0.3 is 0 Å².